The number of halogens is 1. The number of hydrogen-bond donors (Lipinski definition) is 1. The predicted molar refractivity (Wildman–Crippen MR) is 128 cm³/mol. The number of aromatic nitrogens is 2. The maximum Gasteiger partial charge on any atom is 0.241 e. The summed E-state index contributed by atoms with van der Waals surface area (Å²) in [6.45, 7) is 8.40. The number of likely N-dealkylation sites (tertiary alicyclic amines) is 1. The summed E-state index contributed by atoms with van der Waals surface area (Å²) in [5, 5.41) is 7.35. The van der Waals surface area contributed by atoms with Crippen LogP contribution in [0.2, 0.25) is 0 Å². The van der Waals surface area contributed by atoms with E-state index in [-0.39, 0.29) is 17.9 Å². The fraction of sp³-hybridized carbons (Fsp3) is 0.400. The van der Waals surface area contributed by atoms with Crippen LogP contribution in [0.4, 0.5) is 0 Å². The summed E-state index contributed by atoms with van der Waals surface area (Å²) in [4.78, 5) is 19.8. The minimum Gasteiger partial charge on any atom is -0.349 e. The zero-order valence-corrected chi connectivity index (χ0v) is 20.4. The van der Waals surface area contributed by atoms with Gasteiger partial charge in [0.25, 0.3) is 0 Å². The molecule has 3 aromatic rings. The van der Waals surface area contributed by atoms with E-state index < -0.39 is 0 Å². The van der Waals surface area contributed by atoms with Gasteiger partial charge in [-0.1, -0.05) is 57.0 Å². The number of hydrogen-bond acceptors (Lipinski definition) is 5. The first-order valence-electron chi connectivity index (χ1n) is 11.1. The lowest BCUT2D eigenvalue weighted by molar-refractivity contribution is -0.127. The average molecular weight is 497 g/mol. The Labute approximate surface area is 197 Å². The van der Waals surface area contributed by atoms with Crippen molar-refractivity contribution in [1.82, 2.24) is 20.4 Å². The van der Waals surface area contributed by atoms with Crippen LogP contribution in [0, 0.1) is 19.8 Å². The van der Waals surface area contributed by atoms with Crippen molar-refractivity contribution in [1.29, 1.82) is 0 Å². The van der Waals surface area contributed by atoms with Gasteiger partial charge in [-0.2, -0.15) is 4.98 Å². The third kappa shape index (κ3) is 5.45. The van der Waals surface area contributed by atoms with Crippen LogP contribution in [0.15, 0.2) is 51.5 Å². The van der Waals surface area contributed by atoms with Crippen molar-refractivity contribution < 1.29 is 9.32 Å². The average Bonchev–Trinajstić information content (AvgIpc) is 3.24. The lowest BCUT2D eigenvalue weighted by Gasteiger charge is -2.31. The van der Waals surface area contributed by atoms with Gasteiger partial charge >= 0.3 is 0 Å². The van der Waals surface area contributed by atoms with E-state index in [1.54, 1.807) is 0 Å². The zero-order chi connectivity index (χ0) is 22.7. The number of nitrogens with zero attached hydrogens (tertiary/aromatic N) is 3. The van der Waals surface area contributed by atoms with Crippen molar-refractivity contribution in [3.8, 4) is 11.4 Å². The van der Waals surface area contributed by atoms with Gasteiger partial charge in [0.15, 0.2) is 0 Å². The van der Waals surface area contributed by atoms with Crippen molar-refractivity contribution in [2.45, 2.75) is 46.2 Å². The van der Waals surface area contributed by atoms with Crippen LogP contribution in [0.1, 0.15) is 48.4 Å². The number of carbonyl (C=O) groups excluding carboxylic acids is 1. The zero-order valence-electron chi connectivity index (χ0n) is 18.8. The number of aryl methyl sites for hydroxylation is 2. The molecule has 2 heterocycles. The third-order valence-corrected chi connectivity index (χ3v) is 6.54. The molecule has 0 spiro atoms. The Morgan fingerprint density at radius 3 is 2.94 bits per heavy atom. The van der Waals surface area contributed by atoms with Crippen molar-refractivity contribution in [3.05, 3.63) is 69.5 Å². The molecule has 2 aromatic carbocycles. The standard InChI is InChI=1S/C25H29BrN4O2/c1-16-9-10-17(2)22(12-16)18(3)27-25(31)20-7-5-11-30(14-20)15-23-28-24(29-32-23)19-6-4-8-21(26)13-19/h4,6,8-10,12-13,18,20H,5,7,11,14-15H2,1-3H3,(H,27,31). The smallest absolute Gasteiger partial charge is 0.241 e. The highest BCUT2D eigenvalue weighted by Crippen LogP contribution is 2.24. The summed E-state index contributed by atoms with van der Waals surface area (Å²) in [6, 6.07) is 14.2. The van der Waals surface area contributed by atoms with E-state index in [1.165, 1.54) is 16.7 Å². The molecule has 6 nitrogen and oxygen atoms in total. The van der Waals surface area contributed by atoms with Crippen LogP contribution in [-0.4, -0.2) is 34.0 Å². The van der Waals surface area contributed by atoms with Gasteiger partial charge in [-0.05, 0) is 63.4 Å². The van der Waals surface area contributed by atoms with Crippen molar-refractivity contribution in [2.24, 2.45) is 5.92 Å². The summed E-state index contributed by atoms with van der Waals surface area (Å²) in [5.41, 5.74) is 4.49. The Balaban J connectivity index is 1.36. The largest absolute Gasteiger partial charge is 0.349 e. The number of amides is 1. The molecule has 168 valence electrons. The molecule has 0 saturated carbocycles. The Bertz CT molecular complexity index is 1100. The lowest BCUT2D eigenvalue weighted by Crippen LogP contribution is -2.43. The van der Waals surface area contributed by atoms with Gasteiger partial charge in [0, 0.05) is 16.6 Å². The molecule has 2 atom stereocenters. The fourth-order valence-electron chi connectivity index (χ4n) is 4.30. The van der Waals surface area contributed by atoms with Gasteiger partial charge in [0.1, 0.15) is 0 Å². The first-order chi connectivity index (χ1) is 15.4. The summed E-state index contributed by atoms with van der Waals surface area (Å²) in [7, 11) is 0. The minimum atomic E-state index is -0.0382. The molecule has 1 N–H and O–H groups in total. The van der Waals surface area contributed by atoms with E-state index >= 15 is 0 Å². The van der Waals surface area contributed by atoms with E-state index in [0.29, 0.717) is 24.8 Å². The van der Waals surface area contributed by atoms with Crippen LogP contribution >= 0.6 is 15.9 Å². The topological polar surface area (TPSA) is 71.3 Å². The molecule has 1 fully saturated rings. The molecule has 7 heteroatoms. The second-order valence-corrected chi connectivity index (χ2v) is 9.60. The lowest BCUT2D eigenvalue weighted by atomic mass is 9.95. The van der Waals surface area contributed by atoms with Crippen LogP contribution in [-0.2, 0) is 11.3 Å². The molecule has 1 amide bonds. The van der Waals surface area contributed by atoms with Gasteiger partial charge in [0.2, 0.25) is 17.6 Å². The quantitative estimate of drug-likeness (QED) is 0.507. The molecule has 2 unspecified atom stereocenters. The Morgan fingerprint density at radius 1 is 1.28 bits per heavy atom. The Morgan fingerprint density at radius 2 is 2.12 bits per heavy atom. The molecule has 1 aromatic heterocycles. The number of piperidine rings is 1. The SMILES string of the molecule is Cc1ccc(C)c(C(C)NC(=O)C2CCCN(Cc3nc(-c4cccc(Br)c4)no3)C2)c1. The van der Waals surface area contributed by atoms with E-state index in [1.807, 2.05) is 24.3 Å². The second-order valence-electron chi connectivity index (χ2n) is 8.69. The first-order valence-corrected chi connectivity index (χ1v) is 11.9. The summed E-state index contributed by atoms with van der Waals surface area (Å²) in [6.07, 6.45) is 1.87. The van der Waals surface area contributed by atoms with Gasteiger partial charge in [-0.15, -0.1) is 0 Å². The summed E-state index contributed by atoms with van der Waals surface area (Å²) in [5.74, 6) is 1.23. The predicted octanol–water partition coefficient (Wildman–Crippen LogP) is 5.21. The monoisotopic (exact) mass is 496 g/mol. The normalized spacial score (nSPS) is 17.8. The van der Waals surface area contributed by atoms with Crippen molar-refractivity contribution in [3.63, 3.8) is 0 Å². The van der Waals surface area contributed by atoms with Crippen LogP contribution in [0.5, 0.6) is 0 Å². The molecule has 1 aliphatic heterocycles. The third-order valence-electron chi connectivity index (χ3n) is 6.05. The molecule has 0 bridgehead atoms. The molecule has 32 heavy (non-hydrogen) atoms. The highest BCUT2D eigenvalue weighted by atomic mass is 79.9. The maximum atomic E-state index is 13.0. The molecular formula is C25H29BrN4O2. The number of benzene rings is 2. The Kier molecular flexibility index (Phi) is 7.06. The van der Waals surface area contributed by atoms with Gasteiger partial charge in [-0.3, -0.25) is 9.69 Å². The highest BCUT2D eigenvalue weighted by Gasteiger charge is 2.28. The van der Waals surface area contributed by atoms with Gasteiger partial charge in [0.05, 0.1) is 18.5 Å². The van der Waals surface area contributed by atoms with Crippen molar-refractivity contribution in [2.75, 3.05) is 13.1 Å². The van der Waals surface area contributed by atoms with E-state index in [2.05, 4.69) is 75.3 Å². The van der Waals surface area contributed by atoms with Crippen LogP contribution < -0.4 is 5.32 Å². The molecule has 0 aliphatic carbocycles. The van der Waals surface area contributed by atoms with Crippen LogP contribution in [0.3, 0.4) is 0 Å². The fourth-order valence-corrected chi connectivity index (χ4v) is 4.70. The first kappa shape index (κ1) is 22.7. The van der Waals surface area contributed by atoms with Gasteiger partial charge < -0.3 is 9.84 Å². The number of carbonyl (C=O) groups is 1. The van der Waals surface area contributed by atoms with E-state index in [4.69, 9.17) is 4.52 Å². The summed E-state index contributed by atoms with van der Waals surface area (Å²) >= 11 is 3.47. The second kappa shape index (κ2) is 9.96. The van der Waals surface area contributed by atoms with Crippen LogP contribution in [0.25, 0.3) is 11.4 Å². The molecule has 1 aliphatic rings. The molecule has 1 saturated heterocycles. The van der Waals surface area contributed by atoms with Gasteiger partial charge in [-0.25, -0.2) is 0 Å². The molecule has 4 rings (SSSR count). The number of rotatable bonds is 6. The molecular weight excluding hydrogens is 468 g/mol. The maximum absolute atomic E-state index is 13.0. The Hall–Kier alpha value is -2.51. The molecule has 0 radical (unpaired) electrons. The highest BCUT2D eigenvalue weighted by molar-refractivity contribution is 9.10. The summed E-state index contributed by atoms with van der Waals surface area (Å²) < 4.78 is 6.46. The minimum absolute atomic E-state index is 0.0125. The van der Waals surface area contributed by atoms with E-state index in [9.17, 15) is 4.79 Å². The van der Waals surface area contributed by atoms with Crippen molar-refractivity contribution >= 4 is 21.8 Å². The van der Waals surface area contributed by atoms with E-state index in [0.717, 1.165) is 29.4 Å². The number of nitrogens with one attached hydrogen (secondary N) is 1.